The third-order valence-corrected chi connectivity index (χ3v) is 5.35. The Labute approximate surface area is 182 Å². The Kier molecular flexibility index (Phi) is 7.29. The topological polar surface area (TPSA) is 30.5 Å². The second-order valence-electron chi connectivity index (χ2n) is 6.87. The molecule has 0 heterocycles. The molecule has 0 radical (unpaired) electrons. The molecule has 5 heteroatoms. The molecule has 0 aromatic heterocycles. The number of hydrogen-bond donors (Lipinski definition) is 1. The van der Waals surface area contributed by atoms with Crippen LogP contribution < -0.4 is 14.8 Å². The number of hydrogen-bond acceptors (Lipinski definition) is 3. The van der Waals surface area contributed by atoms with Gasteiger partial charge in [-0.3, -0.25) is 0 Å². The van der Waals surface area contributed by atoms with E-state index >= 15 is 0 Å². The molecule has 0 aliphatic rings. The van der Waals surface area contributed by atoms with Crippen molar-refractivity contribution in [2.24, 2.45) is 0 Å². The van der Waals surface area contributed by atoms with Gasteiger partial charge in [0.2, 0.25) is 0 Å². The first kappa shape index (κ1) is 21.4. The van der Waals surface area contributed by atoms with Crippen LogP contribution in [-0.4, -0.2) is 6.61 Å². The Morgan fingerprint density at radius 3 is 2.38 bits per heavy atom. The van der Waals surface area contributed by atoms with E-state index in [-0.39, 0.29) is 0 Å². The number of halogens is 2. The van der Waals surface area contributed by atoms with Gasteiger partial charge < -0.3 is 14.8 Å². The van der Waals surface area contributed by atoms with Crippen LogP contribution in [-0.2, 0) is 13.2 Å². The van der Waals surface area contributed by atoms with Crippen LogP contribution in [0.4, 0.5) is 5.69 Å². The van der Waals surface area contributed by atoms with Gasteiger partial charge in [0.15, 0.2) is 11.5 Å². The van der Waals surface area contributed by atoms with Crippen LogP contribution in [0.25, 0.3) is 0 Å². The summed E-state index contributed by atoms with van der Waals surface area (Å²) in [7, 11) is 0. The third kappa shape index (κ3) is 5.59. The average molecular weight is 430 g/mol. The second kappa shape index (κ2) is 9.91. The van der Waals surface area contributed by atoms with Gasteiger partial charge in [-0.15, -0.1) is 0 Å². The van der Waals surface area contributed by atoms with Crippen molar-refractivity contribution in [2.45, 2.75) is 33.9 Å². The monoisotopic (exact) mass is 429 g/mol. The maximum absolute atomic E-state index is 6.54. The molecular weight excluding hydrogens is 405 g/mol. The number of anilines is 1. The van der Waals surface area contributed by atoms with Crippen LogP contribution in [0.5, 0.6) is 11.5 Å². The number of nitrogens with one attached hydrogen (secondary N) is 1. The van der Waals surface area contributed by atoms with E-state index in [4.69, 9.17) is 32.7 Å². The molecule has 0 atom stereocenters. The first-order valence-electron chi connectivity index (χ1n) is 9.60. The Bertz CT molecular complexity index is 989. The molecule has 0 aliphatic heterocycles. The molecule has 3 rings (SSSR count). The zero-order valence-electron chi connectivity index (χ0n) is 16.9. The molecule has 0 unspecified atom stereocenters. The molecule has 1 N–H and O–H groups in total. The number of benzene rings is 3. The van der Waals surface area contributed by atoms with Crippen LogP contribution in [0, 0.1) is 13.8 Å². The minimum atomic E-state index is 0.319. The van der Waals surface area contributed by atoms with E-state index in [1.165, 1.54) is 11.1 Å². The van der Waals surface area contributed by atoms with Crippen molar-refractivity contribution < 1.29 is 9.47 Å². The van der Waals surface area contributed by atoms with Gasteiger partial charge in [-0.1, -0.05) is 47.5 Å². The van der Waals surface area contributed by atoms with Gasteiger partial charge in [-0.25, -0.2) is 0 Å². The summed E-state index contributed by atoms with van der Waals surface area (Å²) in [6, 6.07) is 17.8. The smallest absolute Gasteiger partial charge is 0.180 e. The van der Waals surface area contributed by atoms with E-state index < -0.39 is 0 Å². The number of rotatable bonds is 8. The Hall–Kier alpha value is -2.36. The fraction of sp³-hybridized carbons (Fsp3) is 0.250. The van der Waals surface area contributed by atoms with Crippen LogP contribution >= 0.6 is 23.2 Å². The van der Waals surface area contributed by atoms with Gasteiger partial charge in [-0.05, 0) is 67.8 Å². The zero-order chi connectivity index (χ0) is 20.8. The molecule has 0 aliphatic carbocycles. The predicted molar refractivity (Wildman–Crippen MR) is 122 cm³/mol. The van der Waals surface area contributed by atoms with Crippen molar-refractivity contribution in [1.82, 2.24) is 0 Å². The van der Waals surface area contributed by atoms with Gasteiger partial charge in [0.1, 0.15) is 6.61 Å². The van der Waals surface area contributed by atoms with Crippen molar-refractivity contribution in [1.29, 1.82) is 0 Å². The lowest BCUT2D eigenvalue weighted by Crippen LogP contribution is -2.04. The second-order valence-corrected chi connectivity index (χ2v) is 7.68. The maximum atomic E-state index is 6.54. The molecular formula is C24H25Cl2NO2. The van der Waals surface area contributed by atoms with Crippen molar-refractivity contribution in [3.8, 4) is 11.5 Å². The lowest BCUT2D eigenvalue weighted by atomic mass is 10.1. The predicted octanol–water partition coefficient (Wildman–Crippen LogP) is 7.20. The maximum Gasteiger partial charge on any atom is 0.180 e. The summed E-state index contributed by atoms with van der Waals surface area (Å²) in [4.78, 5) is 0. The van der Waals surface area contributed by atoms with Crippen molar-refractivity contribution in [2.75, 3.05) is 11.9 Å². The number of ether oxygens (including phenoxy) is 2. The summed E-state index contributed by atoms with van der Waals surface area (Å²) < 4.78 is 11.8. The van der Waals surface area contributed by atoms with Gasteiger partial charge >= 0.3 is 0 Å². The molecule has 3 aromatic carbocycles. The van der Waals surface area contributed by atoms with Gasteiger partial charge in [0, 0.05) is 22.8 Å². The molecule has 152 valence electrons. The summed E-state index contributed by atoms with van der Waals surface area (Å²) in [6.07, 6.45) is 0. The SMILES string of the molecule is CCOc1cc(CNc2ccc(C)c(C)c2)cc(Cl)c1OCc1ccccc1Cl. The van der Waals surface area contributed by atoms with E-state index in [0.29, 0.717) is 41.3 Å². The summed E-state index contributed by atoms with van der Waals surface area (Å²) in [5.41, 5.74) is 5.51. The van der Waals surface area contributed by atoms with Gasteiger partial charge in [0.25, 0.3) is 0 Å². The van der Waals surface area contributed by atoms with Crippen molar-refractivity contribution in [3.05, 3.63) is 86.9 Å². The molecule has 0 amide bonds. The van der Waals surface area contributed by atoms with Crippen LogP contribution in [0.1, 0.15) is 29.2 Å². The summed E-state index contributed by atoms with van der Waals surface area (Å²) >= 11 is 12.8. The lowest BCUT2D eigenvalue weighted by molar-refractivity contribution is 0.269. The quantitative estimate of drug-likeness (QED) is 0.410. The highest BCUT2D eigenvalue weighted by Crippen LogP contribution is 2.37. The minimum Gasteiger partial charge on any atom is -0.490 e. The first-order valence-corrected chi connectivity index (χ1v) is 10.4. The molecule has 0 fully saturated rings. The van der Waals surface area contributed by atoms with E-state index in [0.717, 1.165) is 16.8 Å². The zero-order valence-corrected chi connectivity index (χ0v) is 18.4. The summed E-state index contributed by atoms with van der Waals surface area (Å²) in [5.74, 6) is 1.16. The van der Waals surface area contributed by atoms with Crippen molar-refractivity contribution in [3.63, 3.8) is 0 Å². The van der Waals surface area contributed by atoms with E-state index in [2.05, 4.69) is 37.4 Å². The minimum absolute atomic E-state index is 0.319. The summed E-state index contributed by atoms with van der Waals surface area (Å²) in [6.45, 7) is 7.62. The van der Waals surface area contributed by atoms with Crippen molar-refractivity contribution >= 4 is 28.9 Å². The molecule has 0 saturated heterocycles. The molecule has 29 heavy (non-hydrogen) atoms. The fourth-order valence-corrected chi connectivity index (χ4v) is 3.43. The highest BCUT2D eigenvalue weighted by atomic mass is 35.5. The molecule has 3 aromatic rings. The van der Waals surface area contributed by atoms with E-state index in [1.54, 1.807) is 0 Å². The van der Waals surface area contributed by atoms with E-state index in [1.807, 2.05) is 43.3 Å². The Balaban J connectivity index is 1.76. The number of aryl methyl sites for hydroxylation is 2. The van der Waals surface area contributed by atoms with Gasteiger partial charge in [-0.2, -0.15) is 0 Å². The molecule has 0 saturated carbocycles. The highest BCUT2D eigenvalue weighted by molar-refractivity contribution is 6.32. The lowest BCUT2D eigenvalue weighted by Gasteiger charge is -2.16. The van der Waals surface area contributed by atoms with Crippen LogP contribution in [0.2, 0.25) is 10.0 Å². The largest absolute Gasteiger partial charge is 0.490 e. The highest BCUT2D eigenvalue weighted by Gasteiger charge is 2.14. The standard InChI is InChI=1S/C24H25Cl2NO2/c1-4-28-23-13-18(14-27-20-10-9-16(2)17(3)11-20)12-22(26)24(23)29-15-19-7-5-6-8-21(19)25/h5-13,27H,4,14-15H2,1-3H3. The normalized spacial score (nSPS) is 10.7. The molecule has 3 nitrogen and oxygen atoms in total. The van der Waals surface area contributed by atoms with Crippen LogP contribution in [0.3, 0.4) is 0 Å². The first-order chi connectivity index (χ1) is 14.0. The Morgan fingerprint density at radius 2 is 1.66 bits per heavy atom. The van der Waals surface area contributed by atoms with E-state index in [9.17, 15) is 0 Å². The third-order valence-electron chi connectivity index (χ3n) is 4.70. The Morgan fingerprint density at radius 1 is 0.862 bits per heavy atom. The van der Waals surface area contributed by atoms with Crippen LogP contribution in [0.15, 0.2) is 54.6 Å². The fourth-order valence-electron chi connectivity index (χ4n) is 2.95. The summed E-state index contributed by atoms with van der Waals surface area (Å²) in [5, 5.41) is 4.61. The average Bonchev–Trinajstić information content (AvgIpc) is 2.70. The van der Waals surface area contributed by atoms with Gasteiger partial charge in [0.05, 0.1) is 11.6 Å². The molecule has 0 spiro atoms. The molecule has 0 bridgehead atoms.